The largest absolute Gasteiger partial charge is 0.481 e. The van der Waals surface area contributed by atoms with E-state index in [4.69, 9.17) is 9.47 Å². The number of nitrogens with zero attached hydrogens (tertiary/aromatic N) is 4. The fourth-order valence-corrected chi connectivity index (χ4v) is 3.88. The molecule has 0 saturated carbocycles. The molecule has 3 aromatic heterocycles. The molecule has 0 bridgehead atoms. The Labute approximate surface area is 221 Å². The van der Waals surface area contributed by atoms with Gasteiger partial charge in [0.05, 0.1) is 31.1 Å². The summed E-state index contributed by atoms with van der Waals surface area (Å²) in [5, 5.41) is 6.02. The van der Waals surface area contributed by atoms with E-state index >= 15 is 0 Å². The highest BCUT2D eigenvalue weighted by Gasteiger charge is 2.13. The van der Waals surface area contributed by atoms with Gasteiger partial charge in [0.1, 0.15) is 5.52 Å². The Morgan fingerprint density at radius 1 is 1.03 bits per heavy atom. The molecule has 0 aliphatic carbocycles. The smallest absolute Gasteiger partial charge is 0.293 e. The van der Waals surface area contributed by atoms with Crippen LogP contribution in [0.2, 0.25) is 0 Å². The van der Waals surface area contributed by atoms with Crippen molar-refractivity contribution in [2.45, 2.75) is 26.3 Å². The van der Waals surface area contributed by atoms with Crippen molar-refractivity contribution in [3.63, 3.8) is 0 Å². The van der Waals surface area contributed by atoms with Crippen molar-refractivity contribution in [3.05, 3.63) is 76.8 Å². The first-order valence-electron chi connectivity index (χ1n) is 12.7. The topological polar surface area (TPSA) is 120 Å². The van der Waals surface area contributed by atoms with Crippen LogP contribution < -0.4 is 20.9 Å². The molecular weight excluding hydrogens is 484 g/mol. The first kappa shape index (κ1) is 26.7. The summed E-state index contributed by atoms with van der Waals surface area (Å²) in [5.74, 6) is 0.623. The van der Waals surface area contributed by atoms with Crippen LogP contribution in [0.4, 0.5) is 5.82 Å². The van der Waals surface area contributed by atoms with Gasteiger partial charge in [-0.15, -0.1) is 0 Å². The zero-order valence-corrected chi connectivity index (χ0v) is 21.6. The van der Waals surface area contributed by atoms with E-state index in [1.54, 1.807) is 42.3 Å². The van der Waals surface area contributed by atoms with Crippen molar-refractivity contribution in [2.75, 3.05) is 38.7 Å². The zero-order chi connectivity index (χ0) is 26.7. The van der Waals surface area contributed by atoms with Crippen molar-refractivity contribution < 1.29 is 14.3 Å². The highest BCUT2D eigenvalue weighted by atomic mass is 16.5. The van der Waals surface area contributed by atoms with Crippen molar-refractivity contribution in [1.29, 1.82) is 0 Å². The van der Waals surface area contributed by atoms with Gasteiger partial charge in [-0.25, -0.2) is 9.97 Å². The van der Waals surface area contributed by atoms with Gasteiger partial charge in [-0.1, -0.05) is 25.1 Å². The van der Waals surface area contributed by atoms with E-state index in [0.29, 0.717) is 67.4 Å². The molecule has 0 aliphatic heterocycles. The molecular formula is C28H32N6O4. The number of methoxy groups -OCH3 is 1. The van der Waals surface area contributed by atoms with E-state index in [1.807, 2.05) is 37.3 Å². The summed E-state index contributed by atoms with van der Waals surface area (Å²) in [7, 11) is 1.56. The van der Waals surface area contributed by atoms with E-state index < -0.39 is 0 Å². The molecule has 0 radical (unpaired) electrons. The lowest BCUT2D eigenvalue weighted by Gasteiger charge is -2.14. The van der Waals surface area contributed by atoms with E-state index in [-0.39, 0.29) is 17.3 Å². The predicted octanol–water partition coefficient (Wildman–Crippen LogP) is 3.52. The molecule has 4 rings (SSSR count). The van der Waals surface area contributed by atoms with Gasteiger partial charge in [-0.2, -0.15) is 0 Å². The molecule has 10 nitrogen and oxygen atoms in total. The number of hydrogen-bond donors (Lipinski definition) is 2. The summed E-state index contributed by atoms with van der Waals surface area (Å²) in [6.45, 7) is 4.39. The van der Waals surface area contributed by atoms with Crippen LogP contribution in [0.3, 0.4) is 0 Å². The van der Waals surface area contributed by atoms with Crippen LogP contribution in [0, 0.1) is 0 Å². The van der Waals surface area contributed by atoms with Gasteiger partial charge < -0.3 is 24.7 Å². The molecule has 0 aliphatic rings. The Kier molecular flexibility index (Phi) is 9.36. The quantitative estimate of drug-likeness (QED) is 0.259. The number of hydrogen-bond acceptors (Lipinski definition) is 8. The van der Waals surface area contributed by atoms with E-state index in [1.165, 1.54) is 0 Å². The SMILES string of the molecule is CCCOCCn1c(=O)c(NCCCNC(=O)c2ccccc2)nc2cnc(-c3ccc(OC)nc3)cc21. The van der Waals surface area contributed by atoms with E-state index in [2.05, 4.69) is 25.6 Å². The number of nitrogens with one attached hydrogen (secondary N) is 2. The number of aromatic nitrogens is 4. The Morgan fingerprint density at radius 2 is 1.87 bits per heavy atom. The highest BCUT2D eigenvalue weighted by molar-refractivity contribution is 5.94. The average Bonchev–Trinajstić information content (AvgIpc) is 2.96. The third-order valence-corrected chi connectivity index (χ3v) is 5.85. The maximum Gasteiger partial charge on any atom is 0.293 e. The van der Waals surface area contributed by atoms with Gasteiger partial charge in [0.15, 0.2) is 5.82 Å². The second-order valence-corrected chi connectivity index (χ2v) is 8.58. The van der Waals surface area contributed by atoms with Crippen molar-refractivity contribution in [2.24, 2.45) is 0 Å². The molecule has 38 heavy (non-hydrogen) atoms. The van der Waals surface area contributed by atoms with Crippen LogP contribution in [0.25, 0.3) is 22.3 Å². The Hall–Kier alpha value is -4.31. The molecule has 2 N–H and O–H groups in total. The summed E-state index contributed by atoms with van der Waals surface area (Å²) in [6, 6.07) is 14.5. The Morgan fingerprint density at radius 3 is 2.61 bits per heavy atom. The normalized spacial score (nSPS) is 10.9. The van der Waals surface area contributed by atoms with Crippen molar-refractivity contribution >= 4 is 22.8 Å². The lowest BCUT2D eigenvalue weighted by atomic mass is 10.2. The van der Waals surface area contributed by atoms with Gasteiger partial charge in [-0.3, -0.25) is 14.6 Å². The number of ether oxygens (including phenoxy) is 2. The lowest BCUT2D eigenvalue weighted by molar-refractivity contribution is 0.0953. The summed E-state index contributed by atoms with van der Waals surface area (Å²) in [4.78, 5) is 39.0. The van der Waals surface area contributed by atoms with Crippen LogP contribution in [-0.2, 0) is 11.3 Å². The zero-order valence-electron chi connectivity index (χ0n) is 21.6. The Balaban J connectivity index is 1.50. The molecule has 1 amide bonds. The summed E-state index contributed by atoms with van der Waals surface area (Å²) < 4.78 is 12.5. The minimum Gasteiger partial charge on any atom is -0.481 e. The average molecular weight is 517 g/mol. The highest BCUT2D eigenvalue weighted by Crippen LogP contribution is 2.22. The molecule has 10 heteroatoms. The summed E-state index contributed by atoms with van der Waals surface area (Å²) in [6.07, 6.45) is 4.86. The molecule has 198 valence electrons. The number of amides is 1. The van der Waals surface area contributed by atoms with Crippen molar-refractivity contribution in [3.8, 4) is 17.1 Å². The van der Waals surface area contributed by atoms with Crippen LogP contribution in [0.1, 0.15) is 30.1 Å². The van der Waals surface area contributed by atoms with E-state index in [0.717, 1.165) is 12.0 Å². The minimum absolute atomic E-state index is 0.127. The lowest BCUT2D eigenvalue weighted by Crippen LogP contribution is -2.29. The number of carbonyl (C=O) groups is 1. The first-order chi connectivity index (χ1) is 18.6. The molecule has 3 heterocycles. The molecule has 0 saturated heterocycles. The van der Waals surface area contributed by atoms with Gasteiger partial charge in [-0.05, 0) is 37.1 Å². The number of fused-ring (bicyclic) bond motifs is 1. The van der Waals surface area contributed by atoms with Crippen LogP contribution in [0.15, 0.2) is 65.7 Å². The van der Waals surface area contributed by atoms with Gasteiger partial charge in [0.25, 0.3) is 11.5 Å². The maximum atomic E-state index is 13.4. The summed E-state index contributed by atoms with van der Waals surface area (Å²) >= 11 is 0. The molecule has 1 aromatic carbocycles. The monoisotopic (exact) mass is 516 g/mol. The van der Waals surface area contributed by atoms with E-state index in [9.17, 15) is 9.59 Å². The van der Waals surface area contributed by atoms with Gasteiger partial charge >= 0.3 is 0 Å². The van der Waals surface area contributed by atoms with Crippen LogP contribution in [0.5, 0.6) is 5.88 Å². The fraction of sp³-hybridized carbons (Fsp3) is 0.321. The van der Waals surface area contributed by atoms with Gasteiger partial charge in [0.2, 0.25) is 5.88 Å². The number of anilines is 1. The first-order valence-corrected chi connectivity index (χ1v) is 12.7. The summed E-state index contributed by atoms with van der Waals surface area (Å²) in [5.41, 5.74) is 3.10. The number of rotatable bonds is 13. The van der Waals surface area contributed by atoms with Crippen LogP contribution >= 0.6 is 0 Å². The standard InChI is InChI=1S/C28H32N6O4/c1-3-15-38-16-14-34-24-17-22(21-10-11-25(37-2)32-18-21)31-19-23(24)33-26(28(34)36)29-12-7-13-30-27(35)20-8-5-4-6-9-20/h4-6,8-11,17-19H,3,7,12-16H2,1-2H3,(H,29,33)(H,30,35). The molecule has 0 unspecified atom stereocenters. The number of pyridine rings is 2. The number of benzene rings is 1. The van der Waals surface area contributed by atoms with Crippen molar-refractivity contribution in [1.82, 2.24) is 24.8 Å². The fourth-order valence-electron chi connectivity index (χ4n) is 3.88. The van der Waals surface area contributed by atoms with Crippen LogP contribution in [-0.4, -0.2) is 58.8 Å². The predicted molar refractivity (Wildman–Crippen MR) is 147 cm³/mol. The third-order valence-electron chi connectivity index (χ3n) is 5.85. The Bertz CT molecular complexity index is 1410. The molecule has 0 spiro atoms. The second kappa shape index (κ2) is 13.3. The minimum atomic E-state index is -0.240. The molecule has 0 fully saturated rings. The third kappa shape index (κ3) is 6.71. The second-order valence-electron chi connectivity index (χ2n) is 8.58. The maximum absolute atomic E-state index is 13.4. The molecule has 4 aromatic rings. The number of carbonyl (C=O) groups excluding carboxylic acids is 1. The van der Waals surface area contributed by atoms with Gasteiger partial charge in [0, 0.05) is 49.6 Å². The molecule has 0 atom stereocenters.